The molecule has 0 saturated heterocycles. The van der Waals surface area contributed by atoms with Gasteiger partial charge in [-0.1, -0.05) is 84.9 Å². The van der Waals surface area contributed by atoms with E-state index in [9.17, 15) is 0 Å². The normalized spacial score (nSPS) is 13.9. The monoisotopic (exact) mass is 283 g/mol. The molecule has 3 aromatic rings. The molecule has 105 valence electrons. The summed E-state index contributed by atoms with van der Waals surface area (Å²) in [5, 5.41) is 0. The van der Waals surface area contributed by atoms with E-state index in [1.807, 2.05) is 42.5 Å². The number of ether oxygens (including phenoxy) is 1. The molecule has 1 aliphatic heterocycles. The molecule has 22 heavy (non-hydrogen) atoms. The van der Waals surface area contributed by atoms with Gasteiger partial charge in [-0.15, -0.1) is 0 Å². The van der Waals surface area contributed by atoms with Crippen LogP contribution in [0, 0.1) is 6.10 Å². The van der Waals surface area contributed by atoms with Crippen molar-refractivity contribution in [3.05, 3.63) is 113 Å². The van der Waals surface area contributed by atoms with Gasteiger partial charge in [0.2, 0.25) is 6.10 Å². The minimum Gasteiger partial charge on any atom is -0.472 e. The van der Waals surface area contributed by atoms with Crippen LogP contribution in [0.1, 0.15) is 22.3 Å². The van der Waals surface area contributed by atoms with E-state index >= 15 is 0 Å². The predicted molar refractivity (Wildman–Crippen MR) is 89.7 cm³/mol. The molecule has 0 unspecified atom stereocenters. The second-order valence-electron chi connectivity index (χ2n) is 5.26. The maximum atomic E-state index is 6.26. The summed E-state index contributed by atoms with van der Waals surface area (Å²) in [5.41, 5.74) is 4.50. The summed E-state index contributed by atoms with van der Waals surface area (Å²) < 4.78 is 6.26. The zero-order chi connectivity index (χ0) is 14.8. The molecule has 0 atom stereocenters. The van der Waals surface area contributed by atoms with Gasteiger partial charge in [0.25, 0.3) is 0 Å². The van der Waals surface area contributed by atoms with E-state index in [2.05, 4.69) is 48.5 Å². The average Bonchev–Trinajstić information content (AvgIpc) is 2.62. The molecule has 0 N–H and O–H groups in total. The highest BCUT2D eigenvalue weighted by Gasteiger charge is 2.25. The summed E-state index contributed by atoms with van der Waals surface area (Å²) in [5.74, 6) is 0.887. The summed E-state index contributed by atoms with van der Waals surface area (Å²) in [6, 6.07) is 28.8. The highest BCUT2D eigenvalue weighted by Crippen LogP contribution is 2.38. The molecule has 1 nitrogen and oxygen atoms in total. The van der Waals surface area contributed by atoms with Gasteiger partial charge in [0.05, 0.1) is 0 Å². The van der Waals surface area contributed by atoms with Gasteiger partial charge >= 0.3 is 0 Å². The second-order valence-corrected chi connectivity index (χ2v) is 5.26. The maximum Gasteiger partial charge on any atom is 0.207 e. The molecule has 0 bridgehead atoms. The van der Waals surface area contributed by atoms with Gasteiger partial charge in [-0.25, -0.2) is 0 Å². The lowest BCUT2D eigenvalue weighted by Crippen LogP contribution is -2.12. The molecular formula is C21H15O. The molecule has 0 spiro atoms. The Kier molecular flexibility index (Phi) is 3.24. The fourth-order valence-corrected chi connectivity index (χ4v) is 2.71. The lowest BCUT2D eigenvalue weighted by Gasteiger charge is -2.26. The Labute approximate surface area is 130 Å². The van der Waals surface area contributed by atoms with Crippen LogP contribution in [0.2, 0.25) is 0 Å². The fourth-order valence-electron chi connectivity index (χ4n) is 2.71. The van der Waals surface area contributed by atoms with Crippen molar-refractivity contribution in [2.45, 2.75) is 0 Å². The van der Waals surface area contributed by atoms with E-state index in [4.69, 9.17) is 4.74 Å². The zero-order valence-corrected chi connectivity index (χ0v) is 12.1. The van der Waals surface area contributed by atoms with Gasteiger partial charge in [-0.3, -0.25) is 0 Å². The van der Waals surface area contributed by atoms with Crippen molar-refractivity contribution in [1.82, 2.24) is 0 Å². The van der Waals surface area contributed by atoms with Gasteiger partial charge in [-0.2, -0.15) is 0 Å². The van der Waals surface area contributed by atoms with Crippen LogP contribution in [0.5, 0.6) is 0 Å². The van der Waals surface area contributed by atoms with Gasteiger partial charge in [0.1, 0.15) is 5.76 Å². The lowest BCUT2D eigenvalue weighted by atomic mass is 9.93. The van der Waals surface area contributed by atoms with E-state index < -0.39 is 0 Å². The number of fused-ring (bicyclic) bond motifs is 1. The number of rotatable bonds is 2. The van der Waals surface area contributed by atoms with Gasteiger partial charge in [-0.05, 0) is 11.6 Å². The van der Waals surface area contributed by atoms with Crippen LogP contribution in [-0.2, 0) is 4.74 Å². The molecule has 0 saturated carbocycles. The SMILES string of the molecule is C1=C(c2ccccc2)O[C](c2ccccc2)c2ccccc21. The first kappa shape index (κ1) is 12.9. The Morgan fingerprint density at radius 3 is 1.86 bits per heavy atom. The van der Waals surface area contributed by atoms with E-state index in [0.717, 1.165) is 28.6 Å². The van der Waals surface area contributed by atoms with Crippen molar-refractivity contribution in [2.75, 3.05) is 0 Å². The molecule has 1 aliphatic rings. The largest absolute Gasteiger partial charge is 0.472 e. The third-order valence-corrected chi connectivity index (χ3v) is 3.80. The summed E-state index contributed by atoms with van der Waals surface area (Å²) in [7, 11) is 0. The van der Waals surface area contributed by atoms with Gasteiger partial charge in [0, 0.05) is 16.7 Å². The molecule has 1 heterocycles. The predicted octanol–water partition coefficient (Wildman–Crippen LogP) is 5.14. The molecule has 0 fully saturated rings. The van der Waals surface area contributed by atoms with Crippen LogP contribution in [0.4, 0.5) is 0 Å². The third-order valence-electron chi connectivity index (χ3n) is 3.80. The smallest absolute Gasteiger partial charge is 0.207 e. The second kappa shape index (κ2) is 5.53. The lowest BCUT2D eigenvalue weighted by molar-refractivity contribution is 0.331. The van der Waals surface area contributed by atoms with E-state index in [-0.39, 0.29) is 0 Å². The van der Waals surface area contributed by atoms with E-state index in [1.165, 1.54) is 5.56 Å². The van der Waals surface area contributed by atoms with Crippen molar-refractivity contribution < 1.29 is 4.74 Å². The van der Waals surface area contributed by atoms with Gasteiger partial charge < -0.3 is 4.74 Å². The van der Waals surface area contributed by atoms with Crippen LogP contribution in [0.15, 0.2) is 84.9 Å². The summed E-state index contributed by atoms with van der Waals surface area (Å²) in [4.78, 5) is 0. The van der Waals surface area contributed by atoms with Crippen molar-refractivity contribution in [3.8, 4) is 0 Å². The van der Waals surface area contributed by atoms with E-state index in [0.29, 0.717) is 0 Å². The van der Waals surface area contributed by atoms with Crippen molar-refractivity contribution >= 4 is 11.8 Å². The summed E-state index contributed by atoms with van der Waals surface area (Å²) in [6.45, 7) is 0. The first-order valence-electron chi connectivity index (χ1n) is 7.38. The van der Waals surface area contributed by atoms with Gasteiger partial charge in [0.15, 0.2) is 0 Å². The number of hydrogen-bond acceptors (Lipinski definition) is 1. The minimum atomic E-state index is 0.887. The third kappa shape index (κ3) is 2.31. The van der Waals surface area contributed by atoms with Crippen molar-refractivity contribution in [3.63, 3.8) is 0 Å². The Hall–Kier alpha value is -2.80. The molecule has 1 heteroatoms. The fraction of sp³-hybridized carbons (Fsp3) is 0. The number of hydrogen-bond donors (Lipinski definition) is 0. The van der Waals surface area contributed by atoms with Crippen LogP contribution in [0.3, 0.4) is 0 Å². The Balaban J connectivity index is 1.84. The van der Waals surface area contributed by atoms with Crippen LogP contribution in [-0.4, -0.2) is 0 Å². The summed E-state index contributed by atoms with van der Waals surface area (Å²) >= 11 is 0. The standard InChI is InChI=1S/C21H15O/c1-3-9-16(10-4-1)20-15-18-13-7-8-14-19(18)21(22-20)17-11-5-2-6-12-17/h1-15H. The zero-order valence-electron chi connectivity index (χ0n) is 12.1. The van der Waals surface area contributed by atoms with Crippen LogP contribution >= 0.6 is 0 Å². The number of benzene rings is 3. The van der Waals surface area contributed by atoms with Crippen LogP contribution < -0.4 is 0 Å². The van der Waals surface area contributed by atoms with Crippen molar-refractivity contribution in [2.24, 2.45) is 0 Å². The Bertz CT molecular complexity index is 804. The molecule has 3 aromatic carbocycles. The summed E-state index contributed by atoms with van der Waals surface area (Å²) in [6.07, 6.45) is 3.02. The molecular weight excluding hydrogens is 268 g/mol. The maximum absolute atomic E-state index is 6.26. The molecule has 0 aliphatic carbocycles. The Morgan fingerprint density at radius 1 is 0.545 bits per heavy atom. The molecule has 0 amide bonds. The molecule has 4 rings (SSSR count). The minimum absolute atomic E-state index is 0.887. The quantitative estimate of drug-likeness (QED) is 0.632. The van der Waals surface area contributed by atoms with Crippen LogP contribution in [0.25, 0.3) is 11.8 Å². The topological polar surface area (TPSA) is 9.23 Å². The molecule has 1 radical (unpaired) electrons. The van der Waals surface area contributed by atoms with E-state index in [1.54, 1.807) is 0 Å². The highest BCUT2D eigenvalue weighted by molar-refractivity contribution is 5.82. The van der Waals surface area contributed by atoms with Crippen molar-refractivity contribution in [1.29, 1.82) is 0 Å². The Morgan fingerprint density at radius 2 is 1.14 bits per heavy atom. The first-order chi connectivity index (χ1) is 10.9. The highest BCUT2D eigenvalue weighted by atomic mass is 16.5. The average molecular weight is 283 g/mol. The first-order valence-corrected chi connectivity index (χ1v) is 7.38. The molecule has 0 aromatic heterocycles.